The van der Waals surface area contributed by atoms with Crippen molar-refractivity contribution in [3.8, 4) is 0 Å². The van der Waals surface area contributed by atoms with Gasteiger partial charge in [0.15, 0.2) is 5.82 Å². The molecule has 1 amide bonds. The number of rotatable bonds is 2. The van der Waals surface area contributed by atoms with Gasteiger partial charge in [-0.25, -0.2) is 9.78 Å². The van der Waals surface area contributed by atoms with Crippen LogP contribution in [0.1, 0.15) is 24.5 Å². The Bertz CT molecular complexity index is 428. The van der Waals surface area contributed by atoms with Gasteiger partial charge in [-0.1, -0.05) is 0 Å². The van der Waals surface area contributed by atoms with Crippen molar-refractivity contribution in [3.63, 3.8) is 0 Å². The third kappa shape index (κ3) is 2.15. The van der Waals surface area contributed by atoms with Crippen molar-refractivity contribution < 1.29 is 9.53 Å². The molecule has 1 N–H and O–H groups in total. The lowest BCUT2D eigenvalue weighted by Gasteiger charge is -2.22. The molecule has 1 aromatic rings. The molecule has 3 rings (SSSR count). The molecule has 0 bridgehead atoms. The minimum Gasteiger partial charge on any atom is -0.447 e. The van der Waals surface area contributed by atoms with Crippen LogP contribution in [0.15, 0.2) is 12.4 Å². The van der Waals surface area contributed by atoms with E-state index < -0.39 is 0 Å². The van der Waals surface area contributed by atoms with Crippen molar-refractivity contribution in [2.75, 3.05) is 31.1 Å². The molecule has 2 aliphatic heterocycles. The van der Waals surface area contributed by atoms with Crippen molar-refractivity contribution >= 4 is 11.9 Å². The van der Waals surface area contributed by atoms with Crippen molar-refractivity contribution in [1.29, 1.82) is 0 Å². The van der Waals surface area contributed by atoms with E-state index in [0.29, 0.717) is 24.9 Å². The summed E-state index contributed by atoms with van der Waals surface area (Å²) in [6.07, 6.45) is 5.42. The second-order valence-corrected chi connectivity index (χ2v) is 4.61. The van der Waals surface area contributed by atoms with Gasteiger partial charge >= 0.3 is 6.09 Å². The molecule has 0 spiro atoms. The van der Waals surface area contributed by atoms with E-state index in [1.54, 1.807) is 12.4 Å². The first-order chi connectivity index (χ1) is 8.84. The number of anilines is 1. The second-order valence-electron chi connectivity index (χ2n) is 4.61. The molecule has 96 valence electrons. The quantitative estimate of drug-likeness (QED) is 0.842. The van der Waals surface area contributed by atoms with Crippen molar-refractivity contribution in [3.05, 3.63) is 18.1 Å². The van der Waals surface area contributed by atoms with Gasteiger partial charge in [-0.2, -0.15) is 0 Å². The molecule has 2 fully saturated rings. The summed E-state index contributed by atoms with van der Waals surface area (Å²) in [5.41, 5.74) is 0.999. The summed E-state index contributed by atoms with van der Waals surface area (Å²) in [6.45, 7) is 3.02. The zero-order valence-electron chi connectivity index (χ0n) is 10.1. The number of nitrogens with one attached hydrogen (secondary N) is 1. The molecule has 0 aliphatic carbocycles. The molecule has 1 atom stereocenters. The maximum absolute atomic E-state index is 11.4. The molecule has 2 saturated heterocycles. The molecule has 1 aromatic heterocycles. The molecule has 18 heavy (non-hydrogen) atoms. The Hall–Kier alpha value is -1.69. The number of hydrogen-bond acceptors (Lipinski definition) is 5. The monoisotopic (exact) mass is 248 g/mol. The number of ether oxygens (including phenoxy) is 1. The Kier molecular flexibility index (Phi) is 3.10. The summed E-state index contributed by atoms with van der Waals surface area (Å²) < 4.78 is 4.88. The zero-order chi connectivity index (χ0) is 12.4. The average molecular weight is 248 g/mol. The zero-order valence-corrected chi connectivity index (χ0v) is 10.1. The van der Waals surface area contributed by atoms with Crippen LogP contribution in [0.4, 0.5) is 10.6 Å². The highest BCUT2D eigenvalue weighted by Gasteiger charge is 2.25. The standard InChI is InChI=1S/C12H16N4O2/c17-12-16(4-5-18-12)11-8-14-10(7-15-11)9-2-1-3-13-6-9/h7-9,13H,1-6H2. The smallest absolute Gasteiger partial charge is 0.415 e. The van der Waals surface area contributed by atoms with E-state index >= 15 is 0 Å². The van der Waals surface area contributed by atoms with Gasteiger partial charge in [-0.05, 0) is 19.4 Å². The van der Waals surface area contributed by atoms with E-state index in [2.05, 4.69) is 15.3 Å². The number of piperidine rings is 1. The Morgan fingerprint density at radius 1 is 1.39 bits per heavy atom. The first kappa shape index (κ1) is 11.4. The molecule has 0 aromatic carbocycles. The third-order valence-electron chi connectivity index (χ3n) is 3.41. The van der Waals surface area contributed by atoms with Crippen molar-refractivity contribution in [2.24, 2.45) is 0 Å². The summed E-state index contributed by atoms with van der Waals surface area (Å²) in [4.78, 5) is 21.6. The predicted molar refractivity (Wildman–Crippen MR) is 65.6 cm³/mol. The minimum absolute atomic E-state index is 0.337. The molecule has 3 heterocycles. The Balaban J connectivity index is 1.74. The number of carbonyl (C=O) groups is 1. The minimum atomic E-state index is -0.337. The fourth-order valence-corrected chi connectivity index (χ4v) is 2.39. The van der Waals surface area contributed by atoms with Crippen molar-refractivity contribution in [2.45, 2.75) is 18.8 Å². The van der Waals surface area contributed by atoms with Crippen LogP contribution in [0.2, 0.25) is 0 Å². The largest absolute Gasteiger partial charge is 0.447 e. The maximum Gasteiger partial charge on any atom is 0.415 e. The Labute approximate surface area is 105 Å². The van der Waals surface area contributed by atoms with Crippen LogP contribution in [0.25, 0.3) is 0 Å². The summed E-state index contributed by atoms with van der Waals surface area (Å²) in [5, 5.41) is 3.36. The highest BCUT2D eigenvalue weighted by molar-refractivity contribution is 5.87. The van der Waals surface area contributed by atoms with Crippen molar-refractivity contribution in [1.82, 2.24) is 15.3 Å². The molecule has 2 aliphatic rings. The highest BCUT2D eigenvalue weighted by atomic mass is 16.6. The van der Waals surface area contributed by atoms with Crippen LogP contribution in [0.5, 0.6) is 0 Å². The van der Waals surface area contributed by atoms with Gasteiger partial charge in [0.1, 0.15) is 6.61 Å². The number of nitrogens with zero attached hydrogens (tertiary/aromatic N) is 3. The van der Waals surface area contributed by atoms with E-state index in [1.807, 2.05) is 0 Å². The Morgan fingerprint density at radius 3 is 2.94 bits per heavy atom. The van der Waals surface area contributed by atoms with Gasteiger partial charge < -0.3 is 10.1 Å². The van der Waals surface area contributed by atoms with E-state index in [4.69, 9.17) is 4.74 Å². The first-order valence-electron chi connectivity index (χ1n) is 6.31. The predicted octanol–water partition coefficient (Wildman–Crippen LogP) is 0.900. The van der Waals surface area contributed by atoms with Gasteiger partial charge in [-0.15, -0.1) is 0 Å². The number of amides is 1. The van der Waals surface area contributed by atoms with Gasteiger partial charge in [0.05, 0.1) is 24.6 Å². The fourth-order valence-electron chi connectivity index (χ4n) is 2.39. The Morgan fingerprint density at radius 2 is 2.33 bits per heavy atom. The molecular weight excluding hydrogens is 232 g/mol. The summed E-state index contributed by atoms with van der Waals surface area (Å²) in [7, 11) is 0. The average Bonchev–Trinajstić information content (AvgIpc) is 2.86. The molecular formula is C12H16N4O2. The van der Waals surface area contributed by atoms with E-state index in [1.165, 1.54) is 11.3 Å². The topological polar surface area (TPSA) is 67.3 Å². The van der Waals surface area contributed by atoms with Crippen LogP contribution in [-0.2, 0) is 4.74 Å². The lowest BCUT2D eigenvalue weighted by molar-refractivity contribution is 0.181. The molecule has 1 unspecified atom stereocenters. The SMILES string of the molecule is O=C1OCCN1c1cnc(C2CCCNC2)cn1. The van der Waals surface area contributed by atoms with E-state index in [-0.39, 0.29) is 6.09 Å². The number of aromatic nitrogens is 2. The highest BCUT2D eigenvalue weighted by Crippen LogP contribution is 2.22. The number of carbonyl (C=O) groups excluding carboxylic acids is 1. The van der Waals surface area contributed by atoms with E-state index in [0.717, 1.165) is 25.2 Å². The van der Waals surface area contributed by atoms with Crippen LogP contribution in [-0.4, -0.2) is 42.3 Å². The lowest BCUT2D eigenvalue weighted by atomic mass is 9.97. The second kappa shape index (κ2) is 4.89. The summed E-state index contributed by atoms with van der Waals surface area (Å²) >= 11 is 0. The van der Waals surface area contributed by atoms with Gasteiger partial charge in [0.2, 0.25) is 0 Å². The molecule has 6 heteroatoms. The number of hydrogen-bond donors (Lipinski definition) is 1. The van der Waals surface area contributed by atoms with Crippen LogP contribution in [0.3, 0.4) is 0 Å². The third-order valence-corrected chi connectivity index (χ3v) is 3.41. The van der Waals surface area contributed by atoms with Crippen LogP contribution < -0.4 is 10.2 Å². The summed E-state index contributed by atoms with van der Waals surface area (Å²) in [5.74, 6) is 1.01. The lowest BCUT2D eigenvalue weighted by Crippen LogP contribution is -2.29. The van der Waals surface area contributed by atoms with Gasteiger partial charge in [0, 0.05) is 12.5 Å². The molecule has 6 nitrogen and oxygen atoms in total. The number of cyclic esters (lactones) is 1. The van der Waals surface area contributed by atoms with E-state index in [9.17, 15) is 4.79 Å². The maximum atomic E-state index is 11.4. The fraction of sp³-hybridized carbons (Fsp3) is 0.583. The van der Waals surface area contributed by atoms with Gasteiger partial charge in [0.25, 0.3) is 0 Å². The van der Waals surface area contributed by atoms with Gasteiger partial charge in [-0.3, -0.25) is 9.88 Å². The van der Waals surface area contributed by atoms with Crippen LogP contribution in [0, 0.1) is 0 Å². The first-order valence-corrected chi connectivity index (χ1v) is 6.31. The summed E-state index contributed by atoms with van der Waals surface area (Å²) in [6, 6.07) is 0. The van der Waals surface area contributed by atoms with Crippen LogP contribution >= 0.6 is 0 Å². The molecule has 0 radical (unpaired) electrons. The normalized spacial score (nSPS) is 24.1. The molecule has 0 saturated carbocycles.